The van der Waals surface area contributed by atoms with E-state index in [4.69, 9.17) is 17.3 Å². The Bertz CT molecular complexity index is 549. The van der Waals surface area contributed by atoms with E-state index in [0.717, 1.165) is 10.7 Å². The maximum atomic E-state index is 12.4. The Morgan fingerprint density at radius 3 is 2.48 bits per heavy atom. The number of hydrazone groups is 1. The first-order valence-electron chi connectivity index (χ1n) is 6.49. The van der Waals surface area contributed by atoms with Gasteiger partial charge in [0.15, 0.2) is 5.84 Å². The van der Waals surface area contributed by atoms with Crippen molar-refractivity contribution in [2.75, 3.05) is 5.73 Å². The van der Waals surface area contributed by atoms with Gasteiger partial charge in [0, 0.05) is 11.3 Å². The van der Waals surface area contributed by atoms with Crippen LogP contribution in [0.3, 0.4) is 0 Å². The summed E-state index contributed by atoms with van der Waals surface area (Å²) in [4.78, 5) is 0. The van der Waals surface area contributed by atoms with Crippen molar-refractivity contribution < 1.29 is 13.2 Å². The van der Waals surface area contributed by atoms with Gasteiger partial charge in [0.25, 0.3) is 0 Å². The molecule has 0 amide bonds. The van der Waals surface area contributed by atoms with Crippen LogP contribution in [0.5, 0.6) is 0 Å². The van der Waals surface area contributed by atoms with E-state index in [1.54, 1.807) is 18.2 Å². The lowest BCUT2D eigenvalue weighted by molar-refractivity contribution is -0.207. The molecule has 6 N–H and O–H groups in total. The Labute approximate surface area is 120 Å². The summed E-state index contributed by atoms with van der Waals surface area (Å²) in [5.74, 6) is 4.48. The monoisotopic (exact) mass is 301 g/mol. The maximum absolute atomic E-state index is 12.4. The summed E-state index contributed by atoms with van der Waals surface area (Å²) in [7, 11) is 0. The average molecular weight is 301 g/mol. The van der Waals surface area contributed by atoms with Crippen molar-refractivity contribution in [3.8, 4) is 0 Å². The van der Waals surface area contributed by atoms with Crippen LogP contribution in [0.25, 0.3) is 0 Å². The molecule has 0 atom stereocenters. The minimum atomic E-state index is -4.17. The Kier molecular flexibility index (Phi) is 3.99. The fourth-order valence-corrected chi connectivity index (χ4v) is 2.13. The van der Waals surface area contributed by atoms with Gasteiger partial charge in [-0.15, -0.1) is 5.10 Å². The molecule has 0 spiro atoms. The van der Waals surface area contributed by atoms with Crippen LogP contribution in [0.2, 0.25) is 0 Å². The van der Waals surface area contributed by atoms with Crippen molar-refractivity contribution in [1.82, 2.24) is 5.12 Å². The molecule has 1 aliphatic carbocycles. The number of halogens is 3. The molecule has 1 saturated carbocycles. The SMILES string of the molecule is Cc1ccc(/C(N)=N/N(N)C2CC(C(F)(F)F)C2)cc1N. The summed E-state index contributed by atoms with van der Waals surface area (Å²) in [6.07, 6.45) is -4.29. The lowest BCUT2D eigenvalue weighted by atomic mass is 9.80. The lowest BCUT2D eigenvalue weighted by Gasteiger charge is -2.39. The van der Waals surface area contributed by atoms with Gasteiger partial charge in [0.05, 0.1) is 12.0 Å². The fourth-order valence-electron chi connectivity index (χ4n) is 2.13. The standard InChI is InChI=1S/C13H18F3N5/c1-7-2-3-8(4-11(7)17)12(18)20-21(19)10-5-9(6-10)13(14,15)16/h2-4,9-10H,5-6,17,19H2,1H3,(H2,18,20). The highest BCUT2D eigenvalue weighted by atomic mass is 19.4. The summed E-state index contributed by atoms with van der Waals surface area (Å²) in [5.41, 5.74) is 13.6. The van der Waals surface area contributed by atoms with E-state index >= 15 is 0 Å². The number of hydrogen-bond donors (Lipinski definition) is 3. The molecule has 0 bridgehead atoms. The summed E-state index contributed by atoms with van der Waals surface area (Å²) in [6, 6.07) is 4.73. The molecule has 21 heavy (non-hydrogen) atoms. The number of benzene rings is 1. The third-order valence-corrected chi connectivity index (χ3v) is 3.75. The van der Waals surface area contributed by atoms with E-state index in [0.29, 0.717) is 11.3 Å². The smallest absolute Gasteiger partial charge is 0.391 e. The van der Waals surface area contributed by atoms with Gasteiger partial charge in [-0.25, -0.2) is 11.0 Å². The van der Waals surface area contributed by atoms with Crippen molar-refractivity contribution in [3.05, 3.63) is 29.3 Å². The van der Waals surface area contributed by atoms with Crippen molar-refractivity contribution in [1.29, 1.82) is 0 Å². The van der Waals surface area contributed by atoms with E-state index in [9.17, 15) is 13.2 Å². The number of nitrogens with zero attached hydrogens (tertiary/aromatic N) is 2. The summed E-state index contributed by atoms with van der Waals surface area (Å²) in [5, 5.41) is 4.95. The Balaban J connectivity index is 2.01. The van der Waals surface area contributed by atoms with Gasteiger partial charge in [-0.3, -0.25) is 0 Å². The van der Waals surface area contributed by atoms with E-state index in [-0.39, 0.29) is 18.7 Å². The van der Waals surface area contributed by atoms with Crippen LogP contribution in [0.4, 0.5) is 18.9 Å². The molecule has 0 heterocycles. The number of hydrazine groups is 1. The third-order valence-electron chi connectivity index (χ3n) is 3.75. The van der Waals surface area contributed by atoms with Crippen LogP contribution in [-0.4, -0.2) is 23.2 Å². The molecular formula is C13H18F3N5. The highest BCUT2D eigenvalue weighted by Gasteiger charge is 2.49. The average Bonchev–Trinajstić information content (AvgIpc) is 2.28. The minimum absolute atomic E-state index is 0.0627. The molecule has 1 aliphatic rings. The number of nitrogens with two attached hydrogens (primary N) is 3. The maximum Gasteiger partial charge on any atom is 0.391 e. The molecule has 1 fully saturated rings. The van der Waals surface area contributed by atoms with Crippen LogP contribution in [0.1, 0.15) is 24.0 Å². The van der Waals surface area contributed by atoms with Gasteiger partial charge in [-0.05, 0) is 31.4 Å². The Hall–Kier alpha value is -1.96. The van der Waals surface area contributed by atoms with Crippen LogP contribution in [0.15, 0.2) is 23.3 Å². The number of amidine groups is 1. The topological polar surface area (TPSA) is 93.7 Å². The van der Waals surface area contributed by atoms with Gasteiger partial charge in [-0.2, -0.15) is 13.2 Å². The third kappa shape index (κ3) is 3.38. The zero-order chi connectivity index (χ0) is 15.8. The largest absolute Gasteiger partial charge is 0.398 e. The molecular weight excluding hydrogens is 283 g/mol. The number of anilines is 1. The normalized spacial score (nSPS) is 22.8. The van der Waals surface area contributed by atoms with E-state index in [1.165, 1.54) is 0 Å². The van der Waals surface area contributed by atoms with Gasteiger partial charge in [-0.1, -0.05) is 12.1 Å². The van der Waals surface area contributed by atoms with E-state index in [2.05, 4.69) is 5.10 Å². The van der Waals surface area contributed by atoms with Gasteiger partial charge < -0.3 is 11.5 Å². The molecule has 0 unspecified atom stereocenters. The zero-order valence-electron chi connectivity index (χ0n) is 11.6. The molecule has 0 aromatic heterocycles. The number of alkyl halides is 3. The molecule has 2 rings (SSSR count). The Morgan fingerprint density at radius 1 is 1.33 bits per heavy atom. The minimum Gasteiger partial charge on any atom is -0.398 e. The van der Waals surface area contributed by atoms with Crippen LogP contribution < -0.4 is 17.3 Å². The zero-order valence-corrected chi connectivity index (χ0v) is 11.6. The predicted octanol–water partition coefficient (Wildman–Crippen LogP) is 1.71. The predicted molar refractivity (Wildman–Crippen MR) is 74.9 cm³/mol. The van der Waals surface area contributed by atoms with Gasteiger partial charge in [0.1, 0.15) is 0 Å². The number of rotatable bonds is 3. The summed E-state index contributed by atoms with van der Waals surface area (Å²) >= 11 is 0. The van der Waals surface area contributed by atoms with Crippen LogP contribution in [-0.2, 0) is 0 Å². The highest BCUT2D eigenvalue weighted by Crippen LogP contribution is 2.42. The number of aryl methyl sites for hydroxylation is 1. The second-order valence-electron chi connectivity index (χ2n) is 5.30. The first-order chi connectivity index (χ1) is 9.68. The quantitative estimate of drug-likeness (QED) is 0.260. The summed E-state index contributed by atoms with van der Waals surface area (Å²) < 4.78 is 37.2. The first kappa shape index (κ1) is 15.4. The number of nitrogen functional groups attached to an aromatic ring is 1. The van der Waals surface area contributed by atoms with Crippen LogP contribution >= 0.6 is 0 Å². The molecule has 116 valence electrons. The van der Waals surface area contributed by atoms with E-state index < -0.39 is 18.1 Å². The molecule has 1 aromatic carbocycles. The molecule has 0 saturated heterocycles. The first-order valence-corrected chi connectivity index (χ1v) is 6.49. The van der Waals surface area contributed by atoms with Gasteiger partial charge in [0.2, 0.25) is 0 Å². The van der Waals surface area contributed by atoms with Gasteiger partial charge >= 0.3 is 6.18 Å². The second-order valence-corrected chi connectivity index (χ2v) is 5.30. The fraction of sp³-hybridized carbons (Fsp3) is 0.462. The number of hydrogen-bond acceptors (Lipinski definition) is 4. The van der Waals surface area contributed by atoms with Crippen LogP contribution in [0, 0.1) is 12.8 Å². The molecule has 8 heteroatoms. The lowest BCUT2D eigenvalue weighted by Crippen LogP contribution is -2.50. The molecule has 1 aromatic rings. The molecule has 0 radical (unpaired) electrons. The van der Waals surface area contributed by atoms with Crippen molar-refractivity contribution in [3.63, 3.8) is 0 Å². The van der Waals surface area contributed by atoms with Crippen molar-refractivity contribution in [2.24, 2.45) is 22.6 Å². The summed E-state index contributed by atoms with van der Waals surface area (Å²) in [6.45, 7) is 1.85. The second kappa shape index (κ2) is 5.44. The van der Waals surface area contributed by atoms with Crippen molar-refractivity contribution in [2.45, 2.75) is 32.0 Å². The van der Waals surface area contributed by atoms with Crippen molar-refractivity contribution >= 4 is 11.5 Å². The molecule has 5 nitrogen and oxygen atoms in total. The Morgan fingerprint density at radius 2 is 1.95 bits per heavy atom. The highest BCUT2D eigenvalue weighted by molar-refractivity contribution is 5.98. The van der Waals surface area contributed by atoms with E-state index in [1.807, 2.05) is 6.92 Å². The molecule has 0 aliphatic heterocycles.